The third kappa shape index (κ3) is 6.12. The van der Waals surface area contributed by atoms with Crippen molar-refractivity contribution in [3.63, 3.8) is 0 Å². The molecular weight excluding hydrogens is 641 g/mol. The number of alkyl halides is 6. The lowest BCUT2D eigenvalue weighted by molar-refractivity contribution is -0.274. The van der Waals surface area contributed by atoms with Gasteiger partial charge in [-0.05, 0) is 74.9 Å². The molecule has 9 nitrogen and oxygen atoms in total. The predicted molar refractivity (Wildman–Crippen MR) is 152 cm³/mol. The number of aliphatic hydroxyl groups is 1. The maximum absolute atomic E-state index is 14.7. The van der Waals surface area contributed by atoms with Gasteiger partial charge in [0.15, 0.2) is 5.75 Å². The number of pyridine rings is 2. The molecule has 0 radical (unpaired) electrons. The Morgan fingerprint density at radius 1 is 1.04 bits per heavy atom. The van der Waals surface area contributed by atoms with Crippen LogP contribution in [0, 0.1) is 19.7 Å². The minimum absolute atomic E-state index is 0.0287. The number of fused-ring (bicyclic) bond motifs is 2. The lowest BCUT2D eigenvalue weighted by atomic mass is 9.81. The van der Waals surface area contributed by atoms with Crippen molar-refractivity contribution in [2.75, 3.05) is 13.2 Å². The summed E-state index contributed by atoms with van der Waals surface area (Å²) >= 11 is 0. The van der Waals surface area contributed by atoms with Crippen LogP contribution in [0.25, 0.3) is 22.2 Å². The Bertz CT molecular complexity index is 1910. The van der Waals surface area contributed by atoms with E-state index in [2.05, 4.69) is 14.7 Å². The number of aromatic nitrogens is 2. The maximum Gasteiger partial charge on any atom is 0.573 e. The first-order valence-electron chi connectivity index (χ1n) is 13.7. The largest absolute Gasteiger partial charge is 0.573 e. The quantitative estimate of drug-likeness (QED) is 0.229. The van der Waals surface area contributed by atoms with Crippen LogP contribution in [-0.4, -0.2) is 52.6 Å². The number of halogens is 7. The summed E-state index contributed by atoms with van der Waals surface area (Å²) in [6.07, 6.45) is -10.7. The van der Waals surface area contributed by atoms with Gasteiger partial charge >= 0.3 is 12.5 Å². The van der Waals surface area contributed by atoms with Crippen molar-refractivity contribution in [1.82, 2.24) is 15.3 Å². The van der Waals surface area contributed by atoms with E-state index in [9.17, 15) is 45.4 Å². The van der Waals surface area contributed by atoms with Gasteiger partial charge in [-0.3, -0.25) is 9.59 Å². The smallest absolute Gasteiger partial charge is 0.489 e. The molecule has 4 aromatic rings. The van der Waals surface area contributed by atoms with Crippen molar-refractivity contribution < 1.29 is 54.9 Å². The van der Waals surface area contributed by atoms with Crippen LogP contribution in [0.2, 0.25) is 0 Å². The van der Waals surface area contributed by atoms with Crippen LogP contribution in [0.3, 0.4) is 0 Å². The van der Waals surface area contributed by atoms with E-state index >= 15 is 0 Å². The Balaban J connectivity index is 1.59. The zero-order valence-corrected chi connectivity index (χ0v) is 24.7. The molecular formula is C31H25F7N4O5. The first-order valence-corrected chi connectivity index (χ1v) is 13.7. The first-order chi connectivity index (χ1) is 21.7. The number of aryl methyl sites for hydroxylation is 2. The van der Waals surface area contributed by atoms with Crippen LogP contribution in [0.5, 0.6) is 11.5 Å². The van der Waals surface area contributed by atoms with Gasteiger partial charge in [-0.15, -0.1) is 13.2 Å². The van der Waals surface area contributed by atoms with E-state index in [1.807, 2.05) is 5.32 Å². The van der Waals surface area contributed by atoms with E-state index < -0.39 is 64.7 Å². The lowest BCUT2D eigenvalue weighted by Gasteiger charge is -2.31. The second-order valence-corrected chi connectivity index (χ2v) is 11.3. The Morgan fingerprint density at radius 3 is 2.30 bits per heavy atom. The molecule has 2 aromatic carbocycles. The van der Waals surface area contributed by atoms with Gasteiger partial charge in [-0.1, -0.05) is 0 Å². The SMILES string of the molecule is Cc1cc2cc(C(=O)NC[C@](O)(c3cc4c(c(-c5ccc(F)cc5)n3)OC[C@]4(C)C(N)=O)C(F)(F)F)cc(OC(F)(F)F)c2nc1C. The van der Waals surface area contributed by atoms with Gasteiger partial charge in [0.2, 0.25) is 11.5 Å². The number of nitrogens with two attached hydrogens (primary N) is 1. The molecule has 0 fully saturated rings. The van der Waals surface area contributed by atoms with Crippen LogP contribution >= 0.6 is 0 Å². The summed E-state index contributed by atoms with van der Waals surface area (Å²) in [5.74, 6) is -3.93. The molecule has 248 valence electrons. The van der Waals surface area contributed by atoms with Crippen LogP contribution in [0.1, 0.15) is 39.8 Å². The van der Waals surface area contributed by atoms with Gasteiger partial charge < -0.3 is 25.6 Å². The third-order valence-corrected chi connectivity index (χ3v) is 7.95. The van der Waals surface area contributed by atoms with Crippen molar-refractivity contribution in [3.05, 3.63) is 82.4 Å². The summed E-state index contributed by atoms with van der Waals surface area (Å²) in [6.45, 7) is 2.51. The highest BCUT2D eigenvalue weighted by Gasteiger charge is 2.57. The monoisotopic (exact) mass is 666 g/mol. The van der Waals surface area contributed by atoms with Crippen LogP contribution < -0.4 is 20.5 Å². The zero-order valence-electron chi connectivity index (χ0n) is 24.7. The fourth-order valence-electron chi connectivity index (χ4n) is 5.04. The maximum atomic E-state index is 14.7. The molecule has 0 aliphatic carbocycles. The number of primary amides is 1. The molecule has 16 heteroatoms. The van der Waals surface area contributed by atoms with Gasteiger partial charge in [0.25, 0.3) is 5.91 Å². The van der Waals surface area contributed by atoms with Crippen molar-refractivity contribution >= 4 is 22.7 Å². The lowest BCUT2D eigenvalue weighted by Crippen LogP contribution is -2.51. The van der Waals surface area contributed by atoms with Crippen molar-refractivity contribution in [2.45, 2.75) is 44.3 Å². The average molecular weight is 667 g/mol. The number of nitrogens with zero attached hydrogens (tertiary/aromatic N) is 2. The molecule has 0 saturated carbocycles. The molecule has 5 rings (SSSR count). The fraction of sp³-hybridized carbons (Fsp3) is 0.290. The number of rotatable bonds is 7. The molecule has 2 atom stereocenters. The van der Waals surface area contributed by atoms with Gasteiger partial charge in [0.05, 0.1) is 12.2 Å². The van der Waals surface area contributed by atoms with Crippen molar-refractivity contribution in [1.29, 1.82) is 0 Å². The minimum atomic E-state index is -5.52. The van der Waals surface area contributed by atoms with E-state index in [1.54, 1.807) is 6.92 Å². The van der Waals surface area contributed by atoms with Gasteiger partial charge in [-0.25, -0.2) is 14.4 Å². The number of benzene rings is 2. The van der Waals surface area contributed by atoms with E-state index in [0.29, 0.717) is 17.3 Å². The normalized spacial score (nSPS) is 17.5. The van der Waals surface area contributed by atoms with Crippen molar-refractivity contribution in [2.24, 2.45) is 5.73 Å². The highest BCUT2D eigenvalue weighted by molar-refractivity contribution is 6.00. The average Bonchev–Trinajstić information content (AvgIpc) is 3.33. The van der Waals surface area contributed by atoms with Gasteiger partial charge in [0.1, 0.15) is 34.8 Å². The highest BCUT2D eigenvalue weighted by Crippen LogP contribution is 2.47. The number of ether oxygens (including phenoxy) is 2. The standard InChI is InChI=1S/C31H25F7N4O5/c1-14-8-17-9-18(10-21(47-31(36,37)38)23(17)41-15(14)2)26(43)40-12-29(45,30(33,34)35)22-11-20-25(46-13-28(20,3)27(39)44)24(42-22)16-4-6-19(32)7-5-16/h4-11,45H,12-13H2,1-3H3,(H2,39,44)(H,40,43)/t28-,29-/m0/s1. The Morgan fingerprint density at radius 2 is 1.70 bits per heavy atom. The molecule has 47 heavy (non-hydrogen) atoms. The molecule has 0 spiro atoms. The van der Waals surface area contributed by atoms with E-state index in [4.69, 9.17) is 10.5 Å². The number of nitrogens with one attached hydrogen (secondary N) is 1. The predicted octanol–water partition coefficient (Wildman–Crippen LogP) is 5.27. The number of carbonyl (C=O) groups excluding carboxylic acids is 2. The Kier molecular flexibility index (Phi) is 8.07. The van der Waals surface area contributed by atoms with E-state index in [0.717, 1.165) is 24.3 Å². The van der Waals surface area contributed by atoms with Crippen LogP contribution in [0.4, 0.5) is 30.7 Å². The van der Waals surface area contributed by atoms with E-state index in [1.165, 1.54) is 32.0 Å². The summed E-state index contributed by atoms with van der Waals surface area (Å²) in [6, 6.07) is 8.37. The minimum Gasteiger partial charge on any atom is -0.489 e. The van der Waals surface area contributed by atoms with Crippen molar-refractivity contribution in [3.8, 4) is 22.8 Å². The molecule has 2 aromatic heterocycles. The van der Waals surface area contributed by atoms with Crippen LogP contribution in [-0.2, 0) is 15.8 Å². The van der Waals surface area contributed by atoms with E-state index in [-0.39, 0.29) is 40.1 Å². The second-order valence-electron chi connectivity index (χ2n) is 11.3. The molecule has 4 N–H and O–H groups in total. The number of amides is 2. The molecule has 1 aliphatic rings. The Hall–Kier alpha value is -4.99. The first kappa shape index (κ1) is 33.4. The summed E-state index contributed by atoms with van der Waals surface area (Å²) in [5, 5.41) is 13.2. The zero-order chi connectivity index (χ0) is 34.7. The molecule has 0 unspecified atom stereocenters. The second kappa shape index (κ2) is 11.4. The third-order valence-electron chi connectivity index (χ3n) is 7.95. The molecule has 0 bridgehead atoms. The van der Waals surface area contributed by atoms with Gasteiger partial charge in [0, 0.05) is 27.8 Å². The number of hydrogen-bond acceptors (Lipinski definition) is 7. The summed E-state index contributed by atoms with van der Waals surface area (Å²) < 4.78 is 107. The molecule has 3 heterocycles. The number of hydrogen-bond donors (Lipinski definition) is 3. The summed E-state index contributed by atoms with van der Waals surface area (Å²) in [5.41, 5.74) is -1.33. The van der Waals surface area contributed by atoms with Gasteiger partial charge in [-0.2, -0.15) is 13.2 Å². The molecule has 2 amide bonds. The summed E-state index contributed by atoms with van der Waals surface area (Å²) in [7, 11) is 0. The topological polar surface area (TPSA) is 137 Å². The Labute approximate surface area is 261 Å². The fourth-order valence-corrected chi connectivity index (χ4v) is 5.04. The molecule has 1 aliphatic heterocycles. The number of carbonyl (C=O) groups is 2. The summed E-state index contributed by atoms with van der Waals surface area (Å²) in [4.78, 5) is 33.7. The molecule has 0 saturated heterocycles. The van der Waals surface area contributed by atoms with Crippen LogP contribution in [0.15, 0.2) is 48.5 Å². The highest BCUT2D eigenvalue weighted by atomic mass is 19.4.